The molecule has 0 aliphatic heterocycles. The molecular weight excluding hydrogens is 518 g/mol. The lowest BCUT2D eigenvalue weighted by Crippen LogP contribution is -2.34. The lowest BCUT2D eigenvalue weighted by Gasteiger charge is -2.19. The Morgan fingerprint density at radius 1 is 0.878 bits per heavy atom. The van der Waals surface area contributed by atoms with E-state index in [0.29, 0.717) is 17.9 Å². The normalized spacial score (nSPS) is 10.7. The molecule has 0 radical (unpaired) electrons. The molecule has 4 rings (SSSR count). The molecule has 4 aromatic rings. The number of nitrogens with zero attached hydrogens (tertiary/aromatic N) is 1. The highest BCUT2D eigenvalue weighted by atomic mass is 16.6. The number of hydrogen-bond acceptors (Lipinski definition) is 6. The first-order chi connectivity index (χ1) is 19.5. The first-order valence-electron chi connectivity index (χ1n) is 13.4. The number of ether oxygens (including phenoxy) is 2. The summed E-state index contributed by atoms with van der Waals surface area (Å²) < 4.78 is 10.4. The van der Waals surface area contributed by atoms with Gasteiger partial charge in [0.2, 0.25) is 5.91 Å². The highest BCUT2D eigenvalue weighted by Crippen LogP contribution is 2.18. The van der Waals surface area contributed by atoms with Crippen LogP contribution in [0, 0.1) is 13.8 Å². The zero-order valence-electron chi connectivity index (χ0n) is 24.2. The average Bonchev–Trinajstić information content (AvgIpc) is 2.91. The van der Waals surface area contributed by atoms with Crippen LogP contribution in [0.15, 0.2) is 85.2 Å². The van der Waals surface area contributed by atoms with Crippen molar-refractivity contribution < 1.29 is 23.9 Å². The summed E-state index contributed by atoms with van der Waals surface area (Å²) in [4.78, 5) is 39.3. The minimum absolute atomic E-state index is 0.172. The third kappa shape index (κ3) is 10.8. The molecule has 1 heterocycles. The number of aryl methyl sites for hydroxylation is 2. The Balaban J connectivity index is 0.000000232. The summed E-state index contributed by atoms with van der Waals surface area (Å²) in [6.45, 7) is 9.82. The summed E-state index contributed by atoms with van der Waals surface area (Å²) in [5, 5.41) is 7.38. The largest absolute Gasteiger partial charge is 0.457 e. The second kappa shape index (κ2) is 14.6. The van der Waals surface area contributed by atoms with E-state index in [1.807, 2.05) is 86.6 Å². The standard InChI is InChI=1S/C17H21N3O3.C16H16O2/c1-17(2,3)23-16(22)19-9-7-15(21)20-14-5-4-13-11-18-8-6-12(13)10-14;1-12-8-9-15(13(2)10-12)16(17)18-11-14-6-4-3-5-7-14/h4-6,8,10-11H,7,9H2,1-3H3,(H,19,22)(H,20,21);3-10H,11H2,1-2H3. The van der Waals surface area contributed by atoms with E-state index < -0.39 is 11.7 Å². The fourth-order valence-electron chi connectivity index (χ4n) is 3.82. The molecular formula is C33H37N3O5. The number of hydrogen-bond donors (Lipinski definition) is 2. The summed E-state index contributed by atoms with van der Waals surface area (Å²) in [6, 6.07) is 22.9. The summed E-state index contributed by atoms with van der Waals surface area (Å²) >= 11 is 0. The van der Waals surface area contributed by atoms with E-state index in [1.54, 1.807) is 33.2 Å². The maximum atomic E-state index is 11.9. The van der Waals surface area contributed by atoms with Crippen molar-refractivity contribution in [2.45, 2.75) is 53.2 Å². The van der Waals surface area contributed by atoms with E-state index in [0.717, 1.165) is 27.5 Å². The fraction of sp³-hybridized carbons (Fsp3) is 0.273. The molecule has 3 aromatic carbocycles. The number of nitrogens with one attached hydrogen (secondary N) is 2. The summed E-state index contributed by atoms with van der Waals surface area (Å²) in [5.74, 6) is -0.439. The number of carbonyl (C=O) groups excluding carboxylic acids is 3. The van der Waals surface area contributed by atoms with Crippen molar-refractivity contribution in [2.24, 2.45) is 0 Å². The Hall–Kier alpha value is -4.72. The second-order valence-electron chi connectivity index (χ2n) is 10.5. The SMILES string of the molecule is CC(C)(C)OC(=O)NCCC(=O)Nc1ccc2cnccc2c1.Cc1ccc(C(=O)OCc2ccccc2)c(C)c1. The molecule has 0 aliphatic rings. The van der Waals surface area contributed by atoms with E-state index in [4.69, 9.17) is 9.47 Å². The summed E-state index contributed by atoms with van der Waals surface area (Å²) in [6.07, 6.45) is 3.13. The van der Waals surface area contributed by atoms with Crippen molar-refractivity contribution in [3.63, 3.8) is 0 Å². The van der Waals surface area contributed by atoms with Crippen LogP contribution in [0.3, 0.4) is 0 Å². The predicted molar refractivity (Wildman–Crippen MR) is 161 cm³/mol. The van der Waals surface area contributed by atoms with Crippen molar-refractivity contribution >= 4 is 34.4 Å². The van der Waals surface area contributed by atoms with E-state index in [2.05, 4.69) is 15.6 Å². The van der Waals surface area contributed by atoms with Gasteiger partial charge in [-0.05, 0) is 75.4 Å². The number of rotatable bonds is 7. The Labute approximate surface area is 241 Å². The number of alkyl carbamates (subject to hydrolysis) is 1. The van der Waals surface area contributed by atoms with Crippen LogP contribution in [0.4, 0.5) is 10.5 Å². The summed E-state index contributed by atoms with van der Waals surface area (Å²) in [5.41, 5.74) is 3.89. The van der Waals surface area contributed by atoms with Crippen LogP contribution in [0.1, 0.15) is 54.2 Å². The molecule has 0 fully saturated rings. The smallest absolute Gasteiger partial charge is 0.407 e. The zero-order chi connectivity index (χ0) is 29.8. The summed E-state index contributed by atoms with van der Waals surface area (Å²) in [7, 11) is 0. The Bertz CT molecular complexity index is 1480. The highest BCUT2D eigenvalue weighted by Gasteiger charge is 2.16. The van der Waals surface area contributed by atoms with Crippen molar-refractivity contribution in [3.8, 4) is 0 Å². The first kappa shape index (κ1) is 30.8. The molecule has 0 atom stereocenters. The quantitative estimate of drug-likeness (QED) is 0.244. The van der Waals surface area contributed by atoms with Gasteiger partial charge in [0, 0.05) is 36.4 Å². The molecule has 1 aromatic heterocycles. The number of fused-ring (bicyclic) bond motifs is 1. The van der Waals surface area contributed by atoms with Crippen LogP contribution < -0.4 is 10.6 Å². The van der Waals surface area contributed by atoms with Gasteiger partial charge >= 0.3 is 12.1 Å². The van der Waals surface area contributed by atoms with Crippen LogP contribution in [0.25, 0.3) is 10.8 Å². The van der Waals surface area contributed by atoms with Crippen LogP contribution >= 0.6 is 0 Å². The minimum Gasteiger partial charge on any atom is -0.457 e. The number of esters is 1. The molecule has 8 nitrogen and oxygen atoms in total. The van der Waals surface area contributed by atoms with Crippen LogP contribution in [0.2, 0.25) is 0 Å². The van der Waals surface area contributed by atoms with E-state index in [9.17, 15) is 14.4 Å². The average molecular weight is 556 g/mol. The van der Waals surface area contributed by atoms with Crippen molar-refractivity contribution in [2.75, 3.05) is 11.9 Å². The lowest BCUT2D eigenvalue weighted by atomic mass is 10.1. The number of aromatic nitrogens is 1. The van der Waals surface area contributed by atoms with Crippen LogP contribution in [0.5, 0.6) is 0 Å². The van der Waals surface area contributed by atoms with Gasteiger partial charge in [-0.3, -0.25) is 9.78 Å². The molecule has 0 saturated carbocycles. The molecule has 0 spiro atoms. The maximum absolute atomic E-state index is 11.9. The molecule has 0 bridgehead atoms. The Kier molecular flexibility index (Phi) is 11.0. The van der Waals surface area contributed by atoms with Crippen molar-refractivity contribution in [1.82, 2.24) is 10.3 Å². The fourth-order valence-corrected chi connectivity index (χ4v) is 3.82. The van der Waals surface area contributed by atoms with Gasteiger partial charge in [0.15, 0.2) is 0 Å². The first-order valence-corrected chi connectivity index (χ1v) is 13.4. The molecule has 0 saturated heterocycles. The molecule has 2 amide bonds. The van der Waals surface area contributed by atoms with Crippen molar-refractivity contribution in [3.05, 3.63) is 107 Å². The topological polar surface area (TPSA) is 107 Å². The molecule has 0 aliphatic carbocycles. The van der Waals surface area contributed by atoms with Gasteiger partial charge < -0.3 is 20.1 Å². The van der Waals surface area contributed by atoms with Crippen molar-refractivity contribution in [1.29, 1.82) is 0 Å². The zero-order valence-corrected chi connectivity index (χ0v) is 24.2. The van der Waals surface area contributed by atoms with Gasteiger partial charge in [0.25, 0.3) is 0 Å². The van der Waals surface area contributed by atoms with Crippen LogP contribution in [-0.2, 0) is 20.9 Å². The number of amides is 2. The molecule has 8 heteroatoms. The van der Waals surface area contributed by atoms with Gasteiger partial charge in [-0.1, -0.05) is 54.1 Å². The maximum Gasteiger partial charge on any atom is 0.407 e. The van der Waals surface area contributed by atoms with Gasteiger partial charge in [0.05, 0.1) is 5.56 Å². The van der Waals surface area contributed by atoms with Gasteiger partial charge in [-0.15, -0.1) is 0 Å². The monoisotopic (exact) mass is 555 g/mol. The Morgan fingerprint density at radius 2 is 1.63 bits per heavy atom. The molecule has 214 valence electrons. The predicted octanol–water partition coefficient (Wildman–Crippen LogP) is 6.75. The number of benzene rings is 3. The van der Waals surface area contributed by atoms with Crippen LogP contribution in [-0.4, -0.2) is 35.1 Å². The minimum atomic E-state index is -0.549. The van der Waals surface area contributed by atoms with Gasteiger partial charge in [-0.25, -0.2) is 9.59 Å². The molecule has 2 N–H and O–H groups in total. The number of carbonyl (C=O) groups is 3. The third-order valence-corrected chi connectivity index (χ3v) is 5.76. The Morgan fingerprint density at radius 3 is 2.34 bits per heavy atom. The third-order valence-electron chi connectivity index (χ3n) is 5.76. The highest BCUT2D eigenvalue weighted by molar-refractivity contribution is 5.94. The van der Waals surface area contributed by atoms with E-state index in [-0.39, 0.29) is 24.8 Å². The second-order valence-corrected chi connectivity index (χ2v) is 10.5. The number of pyridine rings is 1. The molecule has 41 heavy (non-hydrogen) atoms. The molecule has 0 unspecified atom stereocenters. The van der Waals surface area contributed by atoms with Gasteiger partial charge in [0.1, 0.15) is 12.2 Å². The van der Waals surface area contributed by atoms with E-state index in [1.165, 1.54) is 0 Å². The number of anilines is 1. The van der Waals surface area contributed by atoms with E-state index >= 15 is 0 Å². The lowest BCUT2D eigenvalue weighted by molar-refractivity contribution is -0.116. The van der Waals surface area contributed by atoms with Gasteiger partial charge in [-0.2, -0.15) is 0 Å².